The van der Waals surface area contributed by atoms with Crippen LogP contribution in [0, 0.1) is 11.8 Å². The van der Waals surface area contributed by atoms with Crippen molar-refractivity contribution in [3.63, 3.8) is 0 Å². The molecule has 1 aliphatic carbocycles. The van der Waals surface area contributed by atoms with Crippen LogP contribution in [-0.2, 0) is 9.59 Å². The highest BCUT2D eigenvalue weighted by Gasteiger charge is 2.38. The molecule has 88 valence electrons. The molecule has 1 aliphatic rings. The Labute approximate surface area is 95.0 Å². The summed E-state index contributed by atoms with van der Waals surface area (Å²) in [5, 5.41) is 11.4. The van der Waals surface area contributed by atoms with Gasteiger partial charge < -0.3 is 10.4 Å². The molecule has 4 heteroatoms. The summed E-state index contributed by atoms with van der Waals surface area (Å²) in [6.07, 6.45) is 8.45. The first kappa shape index (κ1) is 12.5. The number of amides is 1. The third-order valence-electron chi connectivity index (χ3n) is 2.69. The Morgan fingerprint density at radius 3 is 2.56 bits per heavy atom. The quantitative estimate of drug-likeness (QED) is 0.691. The lowest BCUT2D eigenvalue weighted by Gasteiger charge is -2.30. The second kappa shape index (κ2) is 6.10. The molecule has 0 spiro atoms. The van der Waals surface area contributed by atoms with E-state index in [2.05, 4.69) is 5.32 Å². The normalized spacial score (nSPS) is 24.6. The summed E-state index contributed by atoms with van der Waals surface area (Å²) in [7, 11) is 0. The van der Waals surface area contributed by atoms with Crippen molar-refractivity contribution < 1.29 is 14.7 Å². The lowest BCUT2D eigenvalue weighted by molar-refractivity contribution is -0.148. The van der Waals surface area contributed by atoms with Crippen molar-refractivity contribution in [2.45, 2.75) is 19.8 Å². The van der Waals surface area contributed by atoms with E-state index in [0.29, 0.717) is 19.4 Å². The molecular weight excluding hydrogens is 206 g/mol. The number of allylic oxidation sites excluding steroid dienone is 3. The molecule has 0 aromatic carbocycles. The number of carboxylic acids is 1. The van der Waals surface area contributed by atoms with E-state index in [1.165, 1.54) is 0 Å². The summed E-state index contributed by atoms with van der Waals surface area (Å²) < 4.78 is 0. The Balaban J connectivity index is 2.16. The molecular formula is C12H17NO3. The van der Waals surface area contributed by atoms with E-state index < -0.39 is 5.97 Å². The molecule has 0 aliphatic heterocycles. The van der Waals surface area contributed by atoms with Gasteiger partial charge in [0.2, 0.25) is 5.91 Å². The van der Waals surface area contributed by atoms with Crippen LogP contribution in [0.1, 0.15) is 19.8 Å². The molecule has 1 saturated carbocycles. The molecule has 0 unspecified atom stereocenters. The molecule has 1 amide bonds. The molecule has 0 aromatic rings. The van der Waals surface area contributed by atoms with Crippen LogP contribution >= 0.6 is 0 Å². The maximum Gasteiger partial charge on any atom is 0.306 e. The summed E-state index contributed by atoms with van der Waals surface area (Å²) in [5.74, 6) is -1.27. The smallest absolute Gasteiger partial charge is 0.306 e. The van der Waals surface area contributed by atoms with Crippen LogP contribution in [0.5, 0.6) is 0 Å². The van der Waals surface area contributed by atoms with Crippen LogP contribution < -0.4 is 5.32 Å². The fraction of sp³-hybridized carbons (Fsp3) is 0.500. The Bertz CT molecular complexity index is 314. The molecule has 1 fully saturated rings. The third kappa shape index (κ3) is 3.53. The van der Waals surface area contributed by atoms with Crippen molar-refractivity contribution in [3.05, 3.63) is 24.3 Å². The van der Waals surface area contributed by atoms with Gasteiger partial charge in [-0.1, -0.05) is 24.3 Å². The fourth-order valence-corrected chi connectivity index (χ4v) is 1.60. The van der Waals surface area contributed by atoms with Crippen molar-refractivity contribution in [3.8, 4) is 0 Å². The monoisotopic (exact) mass is 223 g/mol. The lowest BCUT2D eigenvalue weighted by Crippen LogP contribution is -2.41. The highest BCUT2D eigenvalue weighted by Crippen LogP contribution is 2.33. The maximum atomic E-state index is 11.5. The predicted octanol–water partition coefficient (Wildman–Crippen LogP) is 1.35. The number of hydrogen-bond acceptors (Lipinski definition) is 2. The first-order chi connectivity index (χ1) is 7.65. The van der Waals surface area contributed by atoms with Gasteiger partial charge in [0.05, 0.1) is 5.92 Å². The number of carbonyl (C=O) groups is 2. The van der Waals surface area contributed by atoms with E-state index in [0.717, 1.165) is 0 Å². The average Bonchev–Trinajstić information content (AvgIpc) is 2.14. The molecule has 0 atom stereocenters. The summed E-state index contributed by atoms with van der Waals surface area (Å²) in [6, 6.07) is 0. The van der Waals surface area contributed by atoms with Crippen molar-refractivity contribution in [1.82, 2.24) is 5.32 Å². The zero-order valence-corrected chi connectivity index (χ0v) is 9.35. The Kier molecular flexibility index (Phi) is 4.76. The Morgan fingerprint density at radius 2 is 2.00 bits per heavy atom. The number of carboxylic acid groups (broad SMARTS) is 1. The summed E-state index contributed by atoms with van der Waals surface area (Å²) in [4.78, 5) is 22.0. The van der Waals surface area contributed by atoms with Crippen molar-refractivity contribution in [1.29, 1.82) is 0 Å². The molecule has 0 heterocycles. The maximum absolute atomic E-state index is 11.5. The molecule has 2 N–H and O–H groups in total. The molecule has 0 aromatic heterocycles. The van der Waals surface area contributed by atoms with Crippen LogP contribution in [0.3, 0.4) is 0 Å². The van der Waals surface area contributed by atoms with Crippen LogP contribution in [0.25, 0.3) is 0 Å². The number of rotatable bonds is 5. The summed E-state index contributed by atoms with van der Waals surface area (Å²) in [6.45, 7) is 2.42. The van der Waals surface area contributed by atoms with Gasteiger partial charge in [0.1, 0.15) is 0 Å². The van der Waals surface area contributed by atoms with Gasteiger partial charge in [-0.25, -0.2) is 0 Å². The van der Waals surface area contributed by atoms with Crippen molar-refractivity contribution in [2.24, 2.45) is 11.8 Å². The predicted molar refractivity (Wildman–Crippen MR) is 60.8 cm³/mol. The molecule has 0 radical (unpaired) electrons. The van der Waals surface area contributed by atoms with Gasteiger partial charge >= 0.3 is 5.97 Å². The minimum Gasteiger partial charge on any atom is -0.481 e. The third-order valence-corrected chi connectivity index (χ3v) is 2.69. The molecule has 4 nitrogen and oxygen atoms in total. The van der Waals surface area contributed by atoms with Gasteiger partial charge in [0.25, 0.3) is 0 Å². The van der Waals surface area contributed by atoms with Crippen LogP contribution in [0.2, 0.25) is 0 Å². The largest absolute Gasteiger partial charge is 0.481 e. The minimum atomic E-state index is -0.794. The van der Waals surface area contributed by atoms with E-state index in [1.807, 2.05) is 31.2 Å². The van der Waals surface area contributed by atoms with E-state index in [9.17, 15) is 9.59 Å². The zero-order chi connectivity index (χ0) is 12.0. The fourth-order valence-electron chi connectivity index (χ4n) is 1.60. The molecule has 1 rings (SSSR count). The molecule has 0 bridgehead atoms. The van der Waals surface area contributed by atoms with Gasteiger partial charge in [0, 0.05) is 12.5 Å². The summed E-state index contributed by atoms with van der Waals surface area (Å²) >= 11 is 0. The van der Waals surface area contributed by atoms with E-state index in [1.54, 1.807) is 0 Å². The van der Waals surface area contributed by atoms with Gasteiger partial charge in [-0.15, -0.1) is 0 Å². The van der Waals surface area contributed by atoms with E-state index in [4.69, 9.17) is 5.11 Å². The standard InChI is InChI=1S/C12H17NO3/c1-2-3-4-5-6-13-11(14)9-7-10(8-9)12(15)16/h2-5,9-10H,6-8H2,1H3,(H,13,14)(H,15,16)/b3-2+,5-4+. The van der Waals surface area contributed by atoms with Gasteiger partial charge in [0.15, 0.2) is 0 Å². The first-order valence-electron chi connectivity index (χ1n) is 5.43. The van der Waals surface area contributed by atoms with Crippen LogP contribution in [0.15, 0.2) is 24.3 Å². The van der Waals surface area contributed by atoms with Crippen LogP contribution in [-0.4, -0.2) is 23.5 Å². The Morgan fingerprint density at radius 1 is 1.31 bits per heavy atom. The van der Waals surface area contributed by atoms with Gasteiger partial charge in [-0.2, -0.15) is 0 Å². The summed E-state index contributed by atoms with van der Waals surface area (Å²) in [5.41, 5.74) is 0. The van der Waals surface area contributed by atoms with Crippen molar-refractivity contribution >= 4 is 11.9 Å². The number of aliphatic carboxylic acids is 1. The Hall–Kier alpha value is -1.58. The lowest BCUT2D eigenvalue weighted by atomic mass is 9.74. The second-order valence-corrected chi connectivity index (χ2v) is 3.90. The number of carbonyl (C=O) groups excluding carboxylic acids is 1. The highest BCUT2D eigenvalue weighted by atomic mass is 16.4. The first-order valence-corrected chi connectivity index (χ1v) is 5.43. The minimum absolute atomic E-state index is 0.0392. The van der Waals surface area contributed by atoms with E-state index >= 15 is 0 Å². The van der Waals surface area contributed by atoms with Gasteiger partial charge in [-0.3, -0.25) is 9.59 Å². The van der Waals surface area contributed by atoms with Gasteiger partial charge in [-0.05, 0) is 19.8 Å². The zero-order valence-electron chi connectivity index (χ0n) is 9.35. The number of hydrogen-bond donors (Lipinski definition) is 2. The average molecular weight is 223 g/mol. The number of nitrogens with one attached hydrogen (secondary N) is 1. The SMILES string of the molecule is C/C=C/C=C/CNC(=O)C1CC(C(=O)O)C1. The van der Waals surface area contributed by atoms with Crippen molar-refractivity contribution in [2.75, 3.05) is 6.54 Å². The van der Waals surface area contributed by atoms with E-state index in [-0.39, 0.29) is 17.7 Å². The molecule has 16 heavy (non-hydrogen) atoms. The molecule has 0 saturated heterocycles. The second-order valence-electron chi connectivity index (χ2n) is 3.90. The highest BCUT2D eigenvalue weighted by molar-refractivity contribution is 5.82. The topological polar surface area (TPSA) is 66.4 Å². The van der Waals surface area contributed by atoms with Crippen LogP contribution in [0.4, 0.5) is 0 Å².